The van der Waals surface area contributed by atoms with Crippen molar-refractivity contribution in [1.82, 2.24) is 9.55 Å². The number of hydrogen-bond acceptors (Lipinski definition) is 4. The molecule has 0 spiro atoms. The Labute approximate surface area is 122 Å². The summed E-state index contributed by atoms with van der Waals surface area (Å²) in [5.74, 6) is 0.365. The van der Waals surface area contributed by atoms with E-state index in [-0.39, 0.29) is 5.69 Å². The summed E-state index contributed by atoms with van der Waals surface area (Å²) in [6.45, 7) is 3.37. The number of imidazole rings is 1. The van der Waals surface area contributed by atoms with Crippen molar-refractivity contribution in [3.05, 3.63) is 52.3 Å². The van der Waals surface area contributed by atoms with Crippen molar-refractivity contribution in [2.75, 3.05) is 18.5 Å². The van der Waals surface area contributed by atoms with Gasteiger partial charge >= 0.3 is 0 Å². The molecule has 0 saturated carbocycles. The monoisotopic (exact) mass is 292 g/mol. The van der Waals surface area contributed by atoms with Crippen LogP contribution in [0, 0.1) is 22.9 Å². The quantitative estimate of drug-likeness (QED) is 0.606. The van der Waals surface area contributed by atoms with Crippen molar-refractivity contribution in [2.45, 2.75) is 19.9 Å². The summed E-state index contributed by atoms with van der Waals surface area (Å²) in [6, 6.07) is 3.71. The number of aromatic nitrogens is 2. The van der Waals surface area contributed by atoms with Gasteiger partial charge in [0.25, 0.3) is 5.69 Å². The van der Waals surface area contributed by atoms with E-state index < -0.39 is 10.7 Å². The lowest BCUT2D eigenvalue weighted by molar-refractivity contribution is -0.385. The van der Waals surface area contributed by atoms with Crippen LogP contribution in [0.3, 0.4) is 0 Å². The van der Waals surface area contributed by atoms with Crippen molar-refractivity contribution in [2.24, 2.45) is 0 Å². The first-order valence-electron chi connectivity index (χ1n) is 6.62. The van der Waals surface area contributed by atoms with Crippen LogP contribution >= 0.6 is 0 Å². The van der Waals surface area contributed by atoms with Crippen LogP contribution in [-0.2, 0) is 6.54 Å². The second-order valence-corrected chi connectivity index (χ2v) is 4.84. The maximum Gasteiger partial charge on any atom is 0.272 e. The van der Waals surface area contributed by atoms with E-state index in [0.29, 0.717) is 12.2 Å². The van der Waals surface area contributed by atoms with Gasteiger partial charge in [-0.2, -0.15) is 0 Å². The number of halogens is 1. The summed E-state index contributed by atoms with van der Waals surface area (Å²) in [5, 5.41) is 10.6. The van der Waals surface area contributed by atoms with Gasteiger partial charge < -0.3 is 9.47 Å². The first kappa shape index (κ1) is 15.0. The summed E-state index contributed by atoms with van der Waals surface area (Å²) < 4.78 is 15.9. The number of non-ortho nitro benzene ring substituents is 1. The molecule has 0 aliphatic heterocycles. The zero-order valence-electron chi connectivity index (χ0n) is 12.0. The highest BCUT2D eigenvalue weighted by atomic mass is 19.1. The standard InChI is InChI=1S/C14H17FN4O2/c1-11-16-6-9-18(11)8-3-7-17(2)14-5-4-12(19(20)21)10-13(14)15/h4-6,9-10H,3,7-8H2,1-2H3. The molecule has 0 radical (unpaired) electrons. The van der Waals surface area contributed by atoms with Crippen molar-refractivity contribution in [3.63, 3.8) is 0 Å². The van der Waals surface area contributed by atoms with E-state index in [1.165, 1.54) is 12.1 Å². The summed E-state index contributed by atoms with van der Waals surface area (Å²) in [4.78, 5) is 15.9. The van der Waals surface area contributed by atoms with E-state index in [4.69, 9.17) is 0 Å². The predicted octanol–water partition coefficient (Wildman–Crippen LogP) is 2.77. The van der Waals surface area contributed by atoms with Crippen molar-refractivity contribution < 1.29 is 9.31 Å². The highest BCUT2D eigenvalue weighted by molar-refractivity contribution is 5.51. The minimum absolute atomic E-state index is 0.237. The van der Waals surface area contributed by atoms with Gasteiger partial charge in [0.05, 0.1) is 16.7 Å². The Morgan fingerprint density at radius 3 is 2.81 bits per heavy atom. The molecular formula is C14H17FN4O2. The van der Waals surface area contributed by atoms with Crippen LogP contribution in [0.2, 0.25) is 0 Å². The molecule has 1 heterocycles. The molecule has 2 aromatic rings. The molecule has 1 aromatic heterocycles. The number of aryl methyl sites for hydroxylation is 2. The van der Waals surface area contributed by atoms with Gasteiger partial charge in [0.15, 0.2) is 5.82 Å². The molecule has 0 bridgehead atoms. The first-order valence-corrected chi connectivity index (χ1v) is 6.62. The van der Waals surface area contributed by atoms with E-state index >= 15 is 0 Å². The highest BCUT2D eigenvalue weighted by Gasteiger charge is 2.13. The number of hydrogen-bond donors (Lipinski definition) is 0. The second-order valence-electron chi connectivity index (χ2n) is 4.84. The van der Waals surface area contributed by atoms with E-state index in [2.05, 4.69) is 4.98 Å². The van der Waals surface area contributed by atoms with E-state index in [0.717, 1.165) is 24.9 Å². The van der Waals surface area contributed by atoms with Gasteiger partial charge in [-0.3, -0.25) is 10.1 Å². The van der Waals surface area contributed by atoms with Gasteiger partial charge in [-0.05, 0) is 19.4 Å². The Balaban J connectivity index is 1.95. The number of nitrogens with zero attached hydrogens (tertiary/aromatic N) is 4. The Bertz CT molecular complexity index is 642. The number of nitro groups is 1. The molecule has 21 heavy (non-hydrogen) atoms. The number of rotatable bonds is 6. The van der Waals surface area contributed by atoms with Crippen LogP contribution in [0.15, 0.2) is 30.6 Å². The molecule has 0 fully saturated rings. The normalized spacial score (nSPS) is 10.6. The molecule has 112 valence electrons. The van der Waals surface area contributed by atoms with Crippen LogP contribution in [0.25, 0.3) is 0 Å². The average Bonchev–Trinajstić information content (AvgIpc) is 2.84. The van der Waals surface area contributed by atoms with Crippen molar-refractivity contribution in [1.29, 1.82) is 0 Å². The summed E-state index contributed by atoms with van der Waals surface area (Å²) in [6.07, 6.45) is 4.47. The van der Waals surface area contributed by atoms with Crippen molar-refractivity contribution in [3.8, 4) is 0 Å². The lowest BCUT2D eigenvalue weighted by Gasteiger charge is -2.20. The van der Waals surface area contributed by atoms with Crippen LogP contribution < -0.4 is 4.90 Å². The zero-order valence-corrected chi connectivity index (χ0v) is 12.0. The molecular weight excluding hydrogens is 275 g/mol. The van der Waals surface area contributed by atoms with Crippen LogP contribution in [0.1, 0.15) is 12.2 Å². The summed E-state index contributed by atoms with van der Waals surface area (Å²) in [5.41, 5.74) is 0.127. The predicted molar refractivity (Wildman–Crippen MR) is 77.9 cm³/mol. The smallest absolute Gasteiger partial charge is 0.272 e. The maximum absolute atomic E-state index is 13.9. The maximum atomic E-state index is 13.9. The van der Waals surface area contributed by atoms with Gasteiger partial charge in [0, 0.05) is 38.6 Å². The third kappa shape index (κ3) is 3.56. The molecule has 0 amide bonds. The fourth-order valence-electron chi connectivity index (χ4n) is 2.16. The molecule has 0 aliphatic carbocycles. The lowest BCUT2D eigenvalue weighted by atomic mass is 10.2. The minimum Gasteiger partial charge on any atom is -0.372 e. The fourth-order valence-corrected chi connectivity index (χ4v) is 2.16. The first-order chi connectivity index (χ1) is 9.99. The Morgan fingerprint density at radius 1 is 1.48 bits per heavy atom. The van der Waals surface area contributed by atoms with E-state index in [1.54, 1.807) is 18.1 Å². The van der Waals surface area contributed by atoms with Crippen LogP contribution in [0.5, 0.6) is 0 Å². The third-order valence-corrected chi connectivity index (χ3v) is 3.37. The molecule has 6 nitrogen and oxygen atoms in total. The summed E-state index contributed by atoms with van der Waals surface area (Å²) >= 11 is 0. The number of benzene rings is 1. The molecule has 0 N–H and O–H groups in total. The Kier molecular flexibility index (Phi) is 4.52. The third-order valence-electron chi connectivity index (χ3n) is 3.37. The highest BCUT2D eigenvalue weighted by Crippen LogP contribution is 2.23. The van der Waals surface area contributed by atoms with Gasteiger partial charge in [-0.25, -0.2) is 9.37 Å². The Hall–Kier alpha value is -2.44. The van der Waals surface area contributed by atoms with Gasteiger partial charge in [0.1, 0.15) is 5.82 Å². The van der Waals surface area contributed by atoms with E-state index in [1.807, 2.05) is 17.7 Å². The molecule has 7 heteroatoms. The topological polar surface area (TPSA) is 64.2 Å². The molecule has 0 unspecified atom stereocenters. The Morgan fingerprint density at radius 2 is 2.24 bits per heavy atom. The molecule has 0 saturated heterocycles. The minimum atomic E-state index is -0.603. The van der Waals surface area contributed by atoms with Crippen molar-refractivity contribution >= 4 is 11.4 Å². The molecule has 0 atom stereocenters. The van der Waals surface area contributed by atoms with Gasteiger partial charge in [0.2, 0.25) is 0 Å². The zero-order chi connectivity index (χ0) is 15.4. The summed E-state index contributed by atoms with van der Waals surface area (Å²) in [7, 11) is 1.77. The largest absolute Gasteiger partial charge is 0.372 e. The van der Waals surface area contributed by atoms with Gasteiger partial charge in [-0.1, -0.05) is 0 Å². The van der Waals surface area contributed by atoms with E-state index in [9.17, 15) is 14.5 Å². The SMILES string of the molecule is Cc1nccn1CCCN(C)c1ccc([N+](=O)[O-])cc1F. The fraction of sp³-hybridized carbons (Fsp3) is 0.357. The van der Waals surface area contributed by atoms with Crippen LogP contribution in [-0.4, -0.2) is 28.1 Å². The number of anilines is 1. The van der Waals surface area contributed by atoms with Gasteiger partial charge in [-0.15, -0.1) is 0 Å². The number of nitro benzene ring substituents is 1. The average molecular weight is 292 g/mol. The second kappa shape index (κ2) is 6.34. The van der Waals surface area contributed by atoms with Crippen LogP contribution in [0.4, 0.5) is 15.8 Å². The lowest BCUT2D eigenvalue weighted by Crippen LogP contribution is -2.21. The molecule has 0 aliphatic rings. The molecule has 2 rings (SSSR count). The molecule has 1 aromatic carbocycles.